The first-order chi connectivity index (χ1) is 23.1. The predicted octanol–water partition coefficient (Wildman–Crippen LogP) is 3.99. The zero-order valence-electron chi connectivity index (χ0n) is 29.4. The van der Waals surface area contributed by atoms with Crippen LogP contribution in [-0.4, -0.2) is 92.8 Å². The van der Waals surface area contributed by atoms with Crippen molar-refractivity contribution in [3.05, 3.63) is 39.0 Å². The molecule has 278 valence electrons. The Morgan fingerprint density at radius 2 is 1.40 bits per heavy atom. The van der Waals surface area contributed by atoms with Gasteiger partial charge in [-0.1, -0.05) is 32.1 Å². The second kappa shape index (κ2) is 16.4. The maximum absolute atomic E-state index is 12.4. The Morgan fingerprint density at radius 3 is 1.90 bits per heavy atom. The van der Waals surface area contributed by atoms with E-state index < -0.39 is 98.9 Å². The first kappa shape index (κ1) is 40.5. The van der Waals surface area contributed by atoms with E-state index in [0.717, 1.165) is 39.0 Å². The summed E-state index contributed by atoms with van der Waals surface area (Å²) in [4.78, 5) is 72.1. The van der Waals surface area contributed by atoms with Crippen LogP contribution in [0.2, 0.25) is 18.1 Å². The summed E-state index contributed by atoms with van der Waals surface area (Å²) in [6, 6.07) is 2.72. The number of carbonyl (C=O) groups is 5. The number of ether oxygens (including phenoxy) is 8. The number of hydrogen-bond acceptors (Lipinski definition) is 17. The topological polar surface area (TPSA) is 212 Å². The van der Waals surface area contributed by atoms with Gasteiger partial charge >= 0.3 is 34.8 Å². The minimum Gasteiger partial charge on any atom is -0.544 e. The van der Waals surface area contributed by atoms with E-state index in [0.29, 0.717) is 4.88 Å². The van der Waals surface area contributed by atoms with Crippen LogP contribution in [0.25, 0.3) is 0 Å². The van der Waals surface area contributed by atoms with Crippen molar-refractivity contribution in [2.75, 3.05) is 6.61 Å². The molecule has 0 amide bonds. The third-order valence-electron chi connectivity index (χ3n) is 7.90. The summed E-state index contributed by atoms with van der Waals surface area (Å²) < 4.78 is 52.4. The molecule has 0 bridgehead atoms. The van der Waals surface area contributed by atoms with Crippen LogP contribution >= 0.6 is 11.3 Å². The van der Waals surface area contributed by atoms with Crippen LogP contribution in [-0.2, 0) is 66.3 Å². The van der Waals surface area contributed by atoms with E-state index in [1.165, 1.54) is 25.1 Å². The fourth-order valence-corrected chi connectivity index (χ4v) is 6.75. The lowest BCUT2D eigenvalue weighted by molar-refractivity contribution is -0.380. The number of esters is 5. The van der Waals surface area contributed by atoms with Gasteiger partial charge in [-0.05, 0) is 24.2 Å². The average Bonchev–Trinajstić information content (AvgIpc) is 3.45. The molecular formula is C31H43NO16SSi. The molecule has 19 heteroatoms. The van der Waals surface area contributed by atoms with Gasteiger partial charge in [-0.25, -0.2) is 0 Å². The highest BCUT2D eigenvalue weighted by molar-refractivity contribution is 7.15. The minimum absolute atomic E-state index is 0.134. The van der Waals surface area contributed by atoms with E-state index in [9.17, 15) is 34.1 Å². The monoisotopic (exact) mass is 745 g/mol. The lowest BCUT2D eigenvalue weighted by Gasteiger charge is -2.46. The molecule has 0 spiro atoms. The Labute approximate surface area is 293 Å². The lowest BCUT2D eigenvalue weighted by atomic mass is 9.98. The molecule has 0 saturated carbocycles. The quantitative estimate of drug-likeness (QED) is 0.0973. The largest absolute Gasteiger partial charge is 0.544 e. The maximum atomic E-state index is 12.4. The molecule has 3 heterocycles. The van der Waals surface area contributed by atoms with Gasteiger partial charge < -0.3 is 42.3 Å². The second-order valence-electron chi connectivity index (χ2n) is 13.0. The van der Waals surface area contributed by atoms with Crippen LogP contribution in [0, 0.1) is 10.1 Å². The maximum Gasteiger partial charge on any atom is 0.324 e. The van der Waals surface area contributed by atoms with Crippen LogP contribution < -0.4 is 0 Å². The van der Waals surface area contributed by atoms with Crippen molar-refractivity contribution in [1.29, 1.82) is 0 Å². The fourth-order valence-electron chi connectivity index (χ4n) is 4.78. The number of nitrogens with zero attached hydrogens (tertiary/aromatic N) is 1. The van der Waals surface area contributed by atoms with Gasteiger partial charge in [-0.2, -0.15) is 0 Å². The number of nitro groups is 1. The zero-order valence-corrected chi connectivity index (χ0v) is 31.3. The number of carbonyl (C=O) groups excluding carboxylic acids is 5. The molecule has 0 aliphatic carbocycles. The Morgan fingerprint density at radius 1 is 0.840 bits per heavy atom. The molecule has 50 heavy (non-hydrogen) atoms. The van der Waals surface area contributed by atoms with E-state index in [-0.39, 0.29) is 15.8 Å². The molecule has 0 radical (unpaired) electrons. The van der Waals surface area contributed by atoms with Crippen LogP contribution in [0.1, 0.15) is 66.4 Å². The summed E-state index contributed by atoms with van der Waals surface area (Å²) in [6.07, 6.45) is -9.88. The Kier molecular flexibility index (Phi) is 13.3. The van der Waals surface area contributed by atoms with Crippen LogP contribution in [0.4, 0.5) is 5.00 Å². The summed E-state index contributed by atoms with van der Waals surface area (Å²) in [7, 11) is -2.66. The van der Waals surface area contributed by atoms with Crippen molar-refractivity contribution in [2.24, 2.45) is 0 Å². The first-order valence-corrected chi connectivity index (χ1v) is 19.3. The van der Waals surface area contributed by atoms with E-state index in [1.807, 2.05) is 33.9 Å². The summed E-state index contributed by atoms with van der Waals surface area (Å²) in [5.41, 5.74) is 0. The zero-order chi connectivity index (χ0) is 37.7. The number of thiophene rings is 1. The molecule has 0 unspecified atom stereocenters. The first-order valence-electron chi connectivity index (χ1n) is 15.5. The Balaban J connectivity index is 2.17. The molecule has 1 fully saturated rings. The van der Waals surface area contributed by atoms with Crippen LogP contribution in [0.3, 0.4) is 0 Å². The van der Waals surface area contributed by atoms with Crippen LogP contribution in [0.5, 0.6) is 0 Å². The molecule has 1 saturated heterocycles. The van der Waals surface area contributed by atoms with Crippen molar-refractivity contribution >= 4 is 54.5 Å². The molecule has 0 aromatic carbocycles. The molecular weight excluding hydrogens is 702 g/mol. The van der Waals surface area contributed by atoms with Gasteiger partial charge in [0.2, 0.25) is 14.6 Å². The SMILES string of the molecule is CC(=O)OC[C@H]1O[C@@H](O[C@H]2C=C(O[Si](C)(C)C(C)(C)C)[C@@H](OC(C)=O)[C@@H](c3ccc([N+](=O)[O-])s3)O2)[C@H](OC(C)=O)[C@@H](OC(C)=O)[C@@H]1OC(C)=O. The van der Waals surface area contributed by atoms with E-state index in [4.69, 9.17) is 42.3 Å². The smallest absolute Gasteiger partial charge is 0.324 e. The molecule has 1 aromatic rings. The van der Waals surface area contributed by atoms with E-state index >= 15 is 0 Å². The molecule has 0 N–H and O–H groups in total. The molecule has 3 rings (SSSR count). The van der Waals surface area contributed by atoms with Crippen molar-refractivity contribution in [3.8, 4) is 0 Å². The van der Waals surface area contributed by atoms with Gasteiger partial charge in [-0.15, -0.1) is 0 Å². The van der Waals surface area contributed by atoms with Crippen molar-refractivity contribution in [2.45, 2.75) is 123 Å². The number of rotatable bonds is 12. The van der Waals surface area contributed by atoms with Crippen LogP contribution in [0.15, 0.2) is 24.0 Å². The highest BCUT2D eigenvalue weighted by Crippen LogP contribution is 2.44. The van der Waals surface area contributed by atoms with Gasteiger partial charge in [0, 0.05) is 51.6 Å². The summed E-state index contributed by atoms with van der Waals surface area (Å²) in [6.45, 7) is 15.0. The molecule has 17 nitrogen and oxygen atoms in total. The molecule has 1 aromatic heterocycles. The highest BCUT2D eigenvalue weighted by Gasteiger charge is 2.54. The van der Waals surface area contributed by atoms with Crippen molar-refractivity contribution in [3.63, 3.8) is 0 Å². The summed E-state index contributed by atoms with van der Waals surface area (Å²) in [5.74, 6) is -3.73. The number of hydrogen-bond donors (Lipinski definition) is 0. The van der Waals surface area contributed by atoms with Crippen molar-refractivity contribution in [1.82, 2.24) is 0 Å². The molecule has 8 atom stereocenters. The standard InChI is InChI=1S/C31H43NO16SSi/c1-15(33)40-14-21-26(42-17(3)35)28(43-18(4)36)29(44-19(5)37)30(45-21)47-24-13-20(48-50(9,10)31(6,7)8)25(41-16(2)34)27(46-24)22-11-12-23(49-22)32(38)39/h11-13,21,24-30H,14H2,1-10H3/t21-,24+,25-,26-,27-,28+,29-,30+/m1/s1. The predicted molar refractivity (Wildman–Crippen MR) is 174 cm³/mol. The lowest BCUT2D eigenvalue weighted by Crippen LogP contribution is -2.63. The van der Waals surface area contributed by atoms with Gasteiger partial charge in [0.25, 0.3) is 0 Å². The second-order valence-corrected chi connectivity index (χ2v) is 18.8. The molecule has 2 aliphatic heterocycles. The normalized spacial score (nSPS) is 26.9. The minimum atomic E-state index is -2.66. The molecule has 2 aliphatic rings. The third kappa shape index (κ3) is 10.5. The highest BCUT2D eigenvalue weighted by atomic mass is 32.1. The third-order valence-corrected chi connectivity index (χ3v) is 13.4. The summed E-state index contributed by atoms with van der Waals surface area (Å²) >= 11 is 0.786. The Bertz CT molecular complexity index is 1480. The Hall–Kier alpha value is -3.91. The van der Waals surface area contributed by atoms with Gasteiger partial charge in [0.15, 0.2) is 30.7 Å². The average molecular weight is 746 g/mol. The van der Waals surface area contributed by atoms with Crippen molar-refractivity contribution < 1.29 is 71.2 Å². The summed E-state index contributed by atoms with van der Waals surface area (Å²) in [5, 5.41) is 11.0. The van der Waals surface area contributed by atoms with E-state index in [1.54, 1.807) is 0 Å². The van der Waals surface area contributed by atoms with E-state index in [2.05, 4.69) is 0 Å². The fraction of sp³-hybridized carbons (Fsp3) is 0.645. The van der Waals surface area contributed by atoms with Gasteiger partial charge in [0.1, 0.15) is 24.6 Å². The van der Waals surface area contributed by atoms with Gasteiger partial charge in [-0.3, -0.25) is 34.1 Å². The van der Waals surface area contributed by atoms with Gasteiger partial charge in [0.05, 0.1) is 4.92 Å².